The van der Waals surface area contributed by atoms with E-state index in [0.29, 0.717) is 13.1 Å². The fourth-order valence-electron chi connectivity index (χ4n) is 2.01. The van der Waals surface area contributed by atoms with Crippen molar-refractivity contribution in [3.05, 3.63) is 51.7 Å². The summed E-state index contributed by atoms with van der Waals surface area (Å²) in [4.78, 5) is 15.2. The van der Waals surface area contributed by atoms with Gasteiger partial charge in [0.2, 0.25) is 0 Å². The monoisotopic (exact) mass is 303 g/mol. The van der Waals surface area contributed by atoms with Crippen molar-refractivity contribution in [2.45, 2.75) is 27.3 Å². The maximum absolute atomic E-state index is 12.2. The molecule has 1 aromatic heterocycles. The molecule has 0 aliphatic heterocycles. The lowest BCUT2D eigenvalue weighted by Crippen LogP contribution is -2.34. The summed E-state index contributed by atoms with van der Waals surface area (Å²) in [6.45, 7) is 7.52. The number of hydrogen-bond donors (Lipinski definition) is 0. The molecule has 4 heteroatoms. The average Bonchev–Trinajstić information content (AvgIpc) is 2.98. The van der Waals surface area contributed by atoms with Gasteiger partial charge in [-0.2, -0.15) is 0 Å². The standard InChI is InChI=1S/C17H21NO2S/c1-4-18(11-16-6-5-9-21-16)17(19)12-20-15-8-7-13(2)14(3)10-15/h5-10H,4,11-12H2,1-3H3. The molecule has 0 N–H and O–H groups in total. The summed E-state index contributed by atoms with van der Waals surface area (Å²) in [6, 6.07) is 9.94. The Bertz CT molecular complexity index is 593. The van der Waals surface area contributed by atoms with Crippen LogP contribution in [0.3, 0.4) is 0 Å². The molecule has 0 aliphatic rings. The van der Waals surface area contributed by atoms with Crippen LogP contribution in [0.1, 0.15) is 22.9 Å². The number of rotatable bonds is 6. The number of aryl methyl sites for hydroxylation is 2. The van der Waals surface area contributed by atoms with E-state index in [9.17, 15) is 4.79 Å². The molecule has 2 aromatic rings. The highest BCUT2D eigenvalue weighted by Gasteiger charge is 2.13. The molecule has 1 heterocycles. The van der Waals surface area contributed by atoms with E-state index in [1.54, 1.807) is 11.3 Å². The van der Waals surface area contributed by atoms with E-state index in [0.717, 1.165) is 5.75 Å². The molecule has 0 unspecified atom stereocenters. The molecule has 1 amide bonds. The Morgan fingerprint density at radius 1 is 1.24 bits per heavy atom. The van der Waals surface area contributed by atoms with Gasteiger partial charge in [-0.05, 0) is 55.5 Å². The van der Waals surface area contributed by atoms with E-state index in [1.807, 2.05) is 54.5 Å². The van der Waals surface area contributed by atoms with E-state index in [-0.39, 0.29) is 12.5 Å². The molecule has 0 aliphatic carbocycles. The first-order valence-electron chi connectivity index (χ1n) is 7.10. The van der Waals surface area contributed by atoms with Crippen molar-refractivity contribution < 1.29 is 9.53 Å². The summed E-state index contributed by atoms with van der Waals surface area (Å²) in [5.74, 6) is 0.766. The first-order chi connectivity index (χ1) is 10.1. The molecule has 2 rings (SSSR count). The van der Waals surface area contributed by atoms with E-state index in [2.05, 4.69) is 6.92 Å². The Balaban J connectivity index is 1.91. The van der Waals surface area contributed by atoms with Crippen LogP contribution in [-0.2, 0) is 11.3 Å². The van der Waals surface area contributed by atoms with Gasteiger partial charge in [0.25, 0.3) is 5.91 Å². The van der Waals surface area contributed by atoms with Crippen molar-refractivity contribution in [1.29, 1.82) is 0 Å². The lowest BCUT2D eigenvalue weighted by atomic mass is 10.1. The van der Waals surface area contributed by atoms with Crippen molar-refractivity contribution in [2.75, 3.05) is 13.2 Å². The minimum Gasteiger partial charge on any atom is -0.484 e. The van der Waals surface area contributed by atoms with Gasteiger partial charge in [-0.25, -0.2) is 0 Å². The second kappa shape index (κ2) is 7.27. The predicted molar refractivity (Wildman–Crippen MR) is 86.8 cm³/mol. The Hall–Kier alpha value is -1.81. The minimum atomic E-state index is 0.0177. The van der Waals surface area contributed by atoms with Crippen LogP contribution >= 0.6 is 11.3 Å². The highest BCUT2D eigenvalue weighted by Crippen LogP contribution is 2.17. The molecule has 3 nitrogen and oxygen atoms in total. The number of thiophene rings is 1. The minimum absolute atomic E-state index is 0.0177. The Morgan fingerprint density at radius 3 is 2.67 bits per heavy atom. The fourth-order valence-corrected chi connectivity index (χ4v) is 2.73. The number of benzene rings is 1. The zero-order valence-electron chi connectivity index (χ0n) is 12.8. The lowest BCUT2D eigenvalue weighted by molar-refractivity contribution is -0.133. The Labute approximate surface area is 130 Å². The van der Waals surface area contributed by atoms with Crippen LogP contribution in [0.5, 0.6) is 5.75 Å². The summed E-state index contributed by atoms with van der Waals surface area (Å²) < 4.78 is 5.62. The third-order valence-electron chi connectivity index (χ3n) is 3.50. The molecule has 0 fully saturated rings. The quantitative estimate of drug-likeness (QED) is 0.812. The van der Waals surface area contributed by atoms with Crippen LogP contribution in [0.2, 0.25) is 0 Å². The van der Waals surface area contributed by atoms with Crippen LogP contribution in [0, 0.1) is 13.8 Å². The van der Waals surface area contributed by atoms with Gasteiger partial charge in [-0.3, -0.25) is 4.79 Å². The van der Waals surface area contributed by atoms with Crippen LogP contribution in [-0.4, -0.2) is 24.0 Å². The normalized spacial score (nSPS) is 10.4. The summed E-state index contributed by atoms with van der Waals surface area (Å²) in [5, 5.41) is 2.03. The van der Waals surface area contributed by atoms with Gasteiger partial charge in [-0.15, -0.1) is 11.3 Å². The molecule has 0 saturated heterocycles. The number of likely N-dealkylation sites (N-methyl/N-ethyl adjacent to an activating group) is 1. The number of carbonyl (C=O) groups excluding carboxylic acids is 1. The van der Waals surface area contributed by atoms with E-state index in [4.69, 9.17) is 4.74 Å². The molecular weight excluding hydrogens is 282 g/mol. The molecule has 0 atom stereocenters. The zero-order chi connectivity index (χ0) is 15.2. The maximum Gasteiger partial charge on any atom is 0.260 e. The molecule has 21 heavy (non-hydrogen) atoms. The average molecular weight is 303 g/mol. The van der Waals surface area contributed by atoms with Crippen LogP contribution < -0.4 is 4.74 Å². The van der Waals surface area contributed by atoms with Gasteiger partial charge in [0.1, 0.15) is 5.75 Å². The van der Waals surface area contributed by atoms with Gasteiger partial charge in [0.05, 0.1) is 6.54 Å². The van der Waals surface area contributed by atoms with Gasteiger partial charge in [0, 0.05) is 11.4 Å². The number of hydrogen-bond acceptors (Lipinski definition) is 3. The van der Waals surface area contributed by atoms with Crippen molar-refractivity contribution in [3.63, 3.8) is 0 Å². The molecule has 1 aromatic carbocycles. The second-order valence-electron chi connectivity index (χ2n) is 5.02. The second-order valence-corrected chi connectivity index (χ2v) is 6.05. The molecule has 0 saturated carbocycles. The third kappa shape index (κ3) is 4.33. The van der Waals surface area contributed by atoms with E-state index in [1.165, 1.54) is 16.0 Å². The maximum atomic E-state index is 12.2. The molecule has 0 spiro atoms. The Morgan fingerprint density at radius 2 is 2.05 bits per heavy atom. The van der Waals surface area contributed by atoms with Gasteiger partial charge in [-0.1, -0.05) is 12.1 Å². The first-order valence-corrected chi connectivity index (χ1v) is 7.98. The SMILES string of the molecule is CCN(Cc1cccs1)C(=O)COc1ccc(C)c(C)c1. The number of nitrogens with zero attached hydrogens (tertiary/aromatic N) is 1. The fraction of sp³-hybridized carbons (Fsp3) is 0.353. The van der Waals surface area contributed by atoms with Gasteiger partial charge >= 0.3 is 0 Å². The van der Waals surface area contributed by atoms with Crippen molar-refractivity contribution >= 4 is 17.2 Å². The predicted octanol–water partition coefficient (Wildman–Crippen LogP) is 3.79. The summed E-state index contributed by atoms with van der Waals surface area (Å²) in [6.07, 6.45) is 0. The summed E-state index contributed by atoms with van der Waals surface area (Å²) in [5.41, 5.74) is 2.40. The Kier molecular flexibility index (Phi) is 5.39. The van der Waals surface area contributed by atoms with Crippen molar-refractivity contribution in [1.82, 2.24) is 4.90 Å². The highest BCUT2D eigenvalue weighted by atomic mass is 32.1. The number of amides is 1. The summed E-state index contributed by atoms with van der Waals surface area (Å²) in [7, 11) is 0. The molecule has 0 radical (unpaired) electrons. The molecule has 112 valence electrons. The zero-order valence-corrected chi connectivity index (χ0v) is 13.6. The van der Waals surface area contributed by atoms with Crippen LogP contribution in [0.4, 0.5) is 0 Å². The summed E-state index contributed by atoms with van der Waals surface area (Å²) >= 11 is 1.67. The van der Waals surface area contributed by atoms with Crippen molar-refractivity contribution in [2.24, 2.45) is 0 Å². The largest absolute Gasteiger partial charge is 0.484 e. The third-order valence-corrected chi connectivity index (χ3v) is 4.36. The van der Waals surface area contributed by atoms with Gasteiger partial charge in [0.15, 0.2) is 6.61 Å². The van der Waals surface area contributed by atoms with E-state index < -0.39 is 0 Å². The topological polar surface area (TPSA) is 29.5 Å². The smallest absolute Gasteiger partial charge is 0.260 e. The van der Waals surface area contributed by atoms with E-state index >= 15 is 0 Å². The number of ether oxygens (including phenoxy) is 1. The first kappa shape index (κ1) is 15.6. The van der Waals surface area contributed by atoms with Crippen LogP contribution in [0.25, 0.3) is 0 Å². The highest BCUT2D eigenvalue weighted by molar-refractivity contribution is 7.09. The molecule has 0 bridgehead atoms. The van der Waals surface area contributed by atoms with Crippen molar-refractivity contribution in [3.8, 4) is 5.75 Å². The lowest BCUT2D eigenvalue weighted by Gasteiger charge is -2.20. The van der Waals surface area contributed by atoms with Crippen LogP contribution in [0.15, 0.2) is 35.7 Å². The van der Waals surface area contributed by atoms with Gasteiger partial charge < -0.3 is 9.64 Å². The number of carbonyl (C=O) groups is 1. The molecular formula is C17H21NO2S.